The molecule has 4 heteroatoms. The molecule has 0 bridgehead atoms. The molecule has 0 amide bonds. The first-order valence-electron chi connectivity index (χ1n) is 5.53. The number of rotatable bonds is 4. The SMILES string of the molecule is Cc1ccccc1OCc1ccc(C(=O)O)nc1. The first-order valence-corrected chi connectivity index (χ1v) is 5.53. The summed E-state index contributed by atoms with van der Waals surface area (Å²) >= 11 is 0. The van der Waals surface area contributed by atoms with Gasteiger partial charge in [0, 0.05) is 11.8 Å². The Labute approximate surface area is 105 Å². The highest BCUT2D eigenvalue weighted by Gasteiger charge is 2.04. The van der Waals surface area contributed by atoms with Gasteiger partial charge < -0.3 is 9.84 Å². The molecule has 0 unspecified atom stereocenters. The van der Waals surface area contributed by atoms with E-state index in [2.05, 4.69) is 4.98 Å². The third-order valence-electron chi connectivity index (χ3n) is 2.53. The molecular formula is C14H13NO3. The van der Waals surface area contributed by atoms with Gasteiger partial charge in [-0.3, -0.25) is 0 Å². The molecule has 2 rings (SSSR count). The lowest BCUT2D eigenvalue weighted by Crippen LogP contribution is -2.02. The number of ether oxygens (including phenoxy) is 1. The first kappa shape index (κ1) is 12.1. The molecule has 0 saturated heterocycles. The minimum atomic E-state index is -1.03. The monoisotopic (exact) mass is 243 g/mol. The van der Waals surface area contributed by atoms with Crippen LogP contribution >= 0.6 is 0 Å². The predicted molar refractivity (Wildman–Crippen MR) is 66.7 cm³/mol. The van der Waals surface area contributed by atoms with Crippen molar-refractivity contribution in [2.24, 2.45) is 0 Å². The number of aromatic carboxylic acids is 1. The molecule has 1 N–H and O–H groups in total. The first-order chi connectivity index (χ1) is 8.66. The highest BCUT2D eigenvalue weighted by Crippen LogP contribution is 2.17. The fourth-order valence-corrected chi connectivity index (χ4v) is 1.52. The second-order valence-corrected chi connectivity index (χ2v) is 3.91. The van der Waals surface area contributed by atoms with Crippen molar-refractivity contribution in [3.8, 4) is 5.75 Å². The van der Waals surface area contributed by atoms with Crippen LogP contribution in [-0.2, 0) is 6.61 Å². The van der Waals surface area contributed by atoms with Crippen LogP contribution in [0, 0.1) is 6.92 Å². The van der Waals surface area contributed by atoms with Gasteiger partial charge in [-0.1, -0.05) is 24.3 Å². The summed E-state index contributed by atoms with van der Waals surface area (Å²) in [6, 6.07) is 10.9. The van der Waals surface area contributed by atoms with Crippen molar-refractivity contribution >= 4 is 5.97 Å². The molecule has 0 fully saturated rings. The van der Waals surface area contributed by atoms with Gasteiger partial charge in [0.15, 0.2) is 0 Å². The molecule has 1 aromatic heterocycles. The number of pyridine rings is 1. The van der Waals surface area contributed by atoms with E-state index in [4.69, 9.17) is 9.84 Å². The Morgan fingerprint density at radius 1 is 1.28 bits per heavy atom. The number of carbonyl (C=O) groups is 1. The summed E-state index contributed by atoms with van der Waals surface area (Å²) in [5.74, 6) is -0.207. The number of hydrogen-bond acceptors (Lipinski definition) is 3. The van der Waals surface area contributed by atoms with Crippen molar-refractivity contribution in [3.05, 3.63) is 59.4 Å². The van der Waals surface area contributed by atoms with E-state index in [1.54, 1.807) is 6.07 Å². The molecule has 4 nitrogen and oxygen atoms in total. The van der Waals surface area contributed by atoms with E-state index in [0.29, 0.717) is 6.61 Å². The van der Waals surface area contributed by atoms with Gasteiger partial charge in [0.25, 0.3) is 0 Å². The van der Waals surface area contributed by atoms with Crippen molar-refractivity contribution in [3.63, 3.8) is 0 Å². The van der Waals surface area contributed by atoms with Gasteiger partial charge in [-0.25, -0.2) is 9.78 Å². The normalized spacial score (nSPS) is 10.1. The molecule has 0 aliphatic rings. The zero-order valence-corrected chi connectivity index (χ0v) is 9.96. The van der Waals surface area contributed by atoms with Crippen LogP contribution in [0.1, 0.15) is 21.6 Å². The fraction of sp³-hybridized carbons (Fsp3) is 0.143. The Kier molecular flexibility index (Phi) is 3.57. The number of para-hydroxylation sites is 1. The number of nitrogens with zero attached hydrogens (tertiary/aromatic N) is 1. The number of carboxylic acid groups (broad SMARTS) is 1. The van der Waals surface area contributed by atoms with Crippen molar-refractivity contribution in [1.82, 2.24) is 4.98 Å². The van der Waals surface area contributed by atoms with Gasteiger partial charge in [-0.05, 0) is 24.6 Å². The van der Waals surface area contributed by atoms with Gasteiger partial charge in [-0.15, -0.1) is 0 Å². The van der Waals surface area contributed by atoms with E-state index in [1.165, 1.54) is 12.3 Å². The lowest BCUT2D eigenvalue weighted by Gasteiger charge is -2.08. The average molecular weight is 243 g/mol. The van der Waals surface area contributed by atoms with Crippen molar-refractivity contribution in [2.75, 3.05) is 0 Å². The number of aryl methyl sites for hydroxylation is 1. The van der Waals surface area contributed by atoms with Gasteiger partial charge in [0.2, 0.25) is 0 Å². The minimum absolute atomic E-state index is 0.0367. The van der Waals surface area contributed by atoms with Crippen LogP contribution in [0.4, 0.5) is 0 Å². The number of hydrogen-bond donors (Lipinski definition) is 1. The third-order valence-corrected chi connectivity index (χ3v) is 2.53. The summed E-state index contributed by atoms with van der Waals surface area (Å²) < 4.78 is 5.64. The number of benzene rings is 1. The van der Waals surface area contributed by atoms with Crippen LogP contribution in [0.2, 0.25) is 0 Å². The van der Waals surface area contributed by atoms with Gasteiger partial charge >= 0.3 is 5.97 Å². The number of carboxylic acids is 1. The Balaban J connectivity index is 2.02. The Morgan fingerprint density at radius 3 is 2.67 bits per heavy atom. The molecule has 18 heavy (non-hydrogen) atoms. The van der Waals surface area contributed by atoms with Crippen LogP contribution < -0.4 is 4.74 Å². The largest absolute Gasteiger partial charge is 0.489 e. The lowest BCUT2D eigenvalue weighted by molar-refractivity contribution is 0.0690. The van der Waals surface area contributed by atoms with Crippen molar-refractivity contribution in [2.45, 2.75) is 13.5 Å². The molecule has 1 aromatic carbocycles. The minimum Gasteiger partial charge on any atom is -0.489 e. The van der Waals surface area contributed by atoms with Gasteiger partial charge in [0.05, 0.1) is 0 Å². The highest BCUT2D eigenvalue weighted by molar-refractivity contribution is 5.85. The zero-order chi connectivity index (χ0) is 13.0. The van der Waals surface area contributed by atoms with E-state index < -0.39 is 5.97 Å². The number of aromatic nitrogens is 1. The Hall–Kier alpha value is -2.36. The summed E-state index contributed by atoms with van der Waals surface area (Å²) in [5.41, 5.74) is 1.94. The van der Waals surface area contributed by atoms with Crippen molar-refractivity contribution < 1.29 is 14.6 Å². The molecule has 1 heterocycles. The summed E-state index contributed by atoms with van der Waals surface area (Å²) in [5, 5.41) is 8.73. The summed E-state index contributed by atoms with van der Waals surface area (Å²) in [6.45, 7) is 2.35. The van der Waals surface area contributed by atoms with Crippen LogP contribution in [0.15, 0.2) is 42.6 Å². The smallest absolute Gasteiger partial charge is 0.354 e. The van der Waals surface area contributed by atoms with Crippen LogP contribution in [-0.4, -0.2) is 16.1 Å². The topological polar surface area (TPSA) is 59.4 Å². The van der Waals surface area contributed by atoms with E-state index >= 15 is 0 Å². The zero-order valence-electron chi connectivity index (χ0n) is 9.96. The molecule has 92 valence electrons. The summed E-state index contributed by atoms with van der Waals surface area (Å²) in [7, 11) is 0. The predicted octanol–water partition coefficient (Wildman–Crippen LogP) is 2.67. The summed E-state index contributed by atoms with van der Waals surface area (Å²) in [4.78, 5) is 14.5. The van der Waals surface area contributed by atoms with E-state index in [1.807, 2.05) is 31.2 Å². The van der Waals surface area contributed by atoms with Crippen LogP contribution in [0.3, 0.4) is 0 Å². The molecule has 0 radical (unpaired) electrons. The second-order valence-electron chi connectivity index (χ2n) is 3.91. The molecular weight excluding hydrogens is 230 g/mol. The lowest BCUT2D eigenvalue weighted by atomic mass is 10.2. The maximum atomic E-state index is 10.6. The quantitative estimate of drug-likeness (QED) is 0.896. The van der Waals surface area contributed by atoms with Gasteiger partial charge in [0.1, 0.15) is 18.1 Å². The Morgan fingerprint density at radius 2 is 2.06 bits per heavy atom. The van der Waals surface area contributed by atoms with Crippen LogP contribution in [0.25, 0.3) is 0 Å². The second kappa shape index (κ2) is 5.31. The Bertz CT molecular complexity index is 549. The maximum Gasteiger partial charge on any atom is 0.354 e. The van der Waals surface area contributed by atoms with Gasteiger partial charge in [-0.2, -0.15) is 0 Å². The van der Waals surface area contributed by atoms with E-state index in [9.17, 15) is 4.79 Å². The standard InChI is InChI=1S/C14H13NO3/c1-10-4-2-3-5-13(10)18-9-11-6-7-12(14(16)17)15-8-11/h2-8H,9H2,1H3,(H,16,17). The van der Waals surface area contributed by atoms with Crippen molar-refractivity contribution in [1.29, 1.82) is 0 Å². The molecule has 0 saturated carbocycles. The highest BCUT2D eigenvalue weighted by atomic mass is 16.5. The molecule has 0 aliphatic heterocycles. The molecule has 2 aromatic rings. The van der Waals surface area contributed by atoms with E-state index in [-0.39, 0.29) is 5.69 Å². The van der Waals surface area contributed by atoms with Crippen LogP contribution in [0.5, 0.6) is 5.75 Å². The third kappa shape index (κ3) is 2.85. The molecule has 0 spiro atoms. The molecule has 0 atom stereocenters. The fourth-order valence-electron chi connectivity index (χ4n) is 1.52. The average Bonchev–Trinajstić information content (AvgIpc) is 2.38. The maximum absolute atomic E-state index is 10.6. The van der Waals surface area contributed by atoms with E-state index in [0.717, 1.165) is 16.9 Å². The summed E-state index contributed by atoms with van der Waals surface area (Å²) in [6.07, 6.45) is 1.52. The molecule has 0 aliphatic carbocycles.